The molecule has 0 amide bonds. The van der Waals surface area contributed by atoms with Crippen molar-refractivity contribution in [2.24, 2.45) is 0 Å². The van der Waals surface area contributed by atoms with E-state index in [1.165, 1.54) is 12.1 Å². The van der Waals surface area contributed by atoms with Gasteiger partial charge < -0.3 is 5.73 Å². The Labute approximate surface area is 103 Å². The van der Waals surface area contributed by atoms with E-state index in [-0.39, 0.29) is 11.5 Å². The summed E-state index contributed by atoms with van der Waals surface area (Å²) >= 11 is 1.60. The second kappa shape index (κ2) is 5.10. The molecule has 2 rings (SSSR count). The number of nitrogen functional groups attached to an aromatic ring is 1. The molecule has 1 aromatic carbocycles. The Hall–Kier alpha value is -1.68. The first-order valence-electron chi connectivity index (χ1n) is 5.26. The van der Waals surface area contributed by atoms with Crippen LogP contribution in [0.4, 0.5) is 10.1 Å². The molecule has 0 saturated heterocycles. The first kappa shape index (κ1) is 11.8. The number of nitrogens with two attached hydrogens (primary N) is 1. The van der Waals surface area contributed by atoms with Gasteiger partial charge >= 0.3 is 0 Å². The normalized spacial score (nSPS) is 10.4. The zero-order chi connectivity index (χ0) is 12.3. The summed E-state index contributed by atoms with van der Waals surface area (Å²) in [5.74, 6) is -0.596. The molecule has 0 aliphatic heterocycles. The number of carbonyl (C=O) groups excluding carboxylic acids is 1. The molecule has 1 aromatic heterocycles. The van der Waals surface area contributed by atoms with Crippen molar-refractivity contribution in [3.05, 3.63) is 52.0 Å². The van der Waals surface area contributed by atoms with E-state index < -0.39 is 5.82 Å². The molecule has 0 unspecified atom stereocenters. The van der Waals surface area contributed by atoms with Gasteiger partial charge in [0.25, 0.3) is 0 Å². The van der Waals surface area contributed by atoms with Gasteiger partial charge in [-0.25, -0.2) is 4.39 Å². The predicted octanol–water partition coefficient (Wildman–Crippen LogP) is 3.28. The minimum atomic E-state index is -0.536. The molecule has 17 heavy (non-hydrogen) atoms. The highest BCUT2D eigenvalue weighted by atomic mass is 32.1. The third-order valence-electron chi connectivity index (χ3n) is 2.54. The van der Waals surface area contributed by atoms with Crippen molar-refractivity contribution in [3.8, 4) is 0 Å². The van der Waals surface area contributed by atoms with Gasteiger partial charge in [-0.3, -0.25) is 4.79 Å². The smallest absolute Gasteiger partial charge is 0.163 e. The van der Waals surface area contributed by atoms with Gasteiger partial charge in [0, 0.05) is 12.0 Å². The van der Waals surface area contributed by atoms with Gasteiger partial charge in [0.1, 0.15) is 5.82 Å². The average Bonchev–Trinajstić information content (AvgIpc) is 2.82. The van der Waals surface area contributed by atoms with Gasteiger partial charge in [-0.15, -0.1) is 0 Å². The van der Waals surface area contributed by atoms with Crippen molar-refractivity contribution in [2.75, 3.05) is 5.73 Å². The molecule has 2 nitrogen and oxygen atoms in total. The molecular formula is C13H12FNOS. The highest BCUT2D eigenvalue weighted by Gasteiger charge is 2.08. The first-order chi connectivity index (χ1) is 8.16. The highest BCUT2D eigenvalue weighted by Crippen LogP contribution is 2.15. The zero-order valence-corrected chi connectivity index (χ0v) is 9.97. The van der Waals surface area contributed by atoms with Crippen LogP contribution in [0.5, 0.6) is 0 Å². The molecule has 88 valence electrons. The van der Waals surface area contributed by atoms with Gasteiger partial charge in [0.15, 0.2) is 5.78 Å². The molecule has 0 atom stereocenters. The van der Waals surface area contributed by atoms with E-state index in [0.29, 0.717) is 18.4 Å². The molecule has 0 aliphatic rings. The number of rotatable bonds is 4. The number of benzene rings is 1. The fourth-order valence-electron chi connectivity index (χ4n) is 1.54. The van der Waals surface area contributed by atoms with E-state index >= 15 is 0 Å². The lowest BCUT2D eigenvalue weighted by Crippen LogP contribution is -2.02. The number of anilines is 1. The number of Topliss-reactive ketones (excluding diaryl/α,β-unsaturated/α-hetero) is 1. The van der Waals surface area contributed by atoms with Crippen molar-refractivity contribution in [1.29, 1.82) is 0 Å². The number of halogens is 1. The molecule has 0 radical (unpaired) electrons. The summed E-state index contributed by atoms with van der Waals surface area (Å²) in [6, 6.07) is 6.17. The zero-order valence-electron chi connectivity index (χ0n) is 9.15. The van der Waals surface area contributed by atoms with E-state index in [9.17, 15) is 9.18 Å². The Balaban J connectivity index is 2.02. The highest BCUT2D eigenvalue weighted by molar-refractivity contribution is 7.07. The van der Waals surface area contributed by atoms with Crippen LogP contribution in [0.2, 0.25) is 0 Å². The fraction of sp³-hybridized carbons (Fsp3) is 0.154. The van der Waals surface area contributed by atoms with Gasteiger partial charge in [-0.05, 0) is 47.0 Å². The SMILES string of the molecule is Nc1ccc(C(=O)CCc2ccsc2)cc1F. The van der Waals surface area contributed by atoms with Crippen LogP contribution < -0.4 is 5.73 Å². The van der Waals surface area contributed by atoms with Gasteiger partial charge in [0.2, 0.25) is 0 Å². The predicted molar refractivity (Wildman–Crippen MR) is 67.8 cm³/mol. The lowest BCUT2D eigenvalue weighted by molar-refractivity contribution is 0.0982. The van der Waals surface area contributed by atoms with Crippen molar-refractivity contribution < 1.29 is 9.18 Å². The number of thiophene rings is 1. The topological polar surface area (TPSA) is 43.1 Å². The third kappa shape index (κ3) is 2.91. The maximum atomic E-state index is 13.2. The van der Waals surface area contributed by atoms with Gasteiger partial charge in [-0.1, -0.05) is 0 Å². The van der Waals surface area contributed by atoms with Crippen LogP contribution in [-0.4, -0.2) is 5.78 Å². The molecule has 0 aliphatic carbocycles. The molecular weight excluding hydrogens is 237 g/mol. The Bertz CT molecular complexity index is 522. The van der Waals surface area contributed by atoms with E-state index in [0.717, 1.165) is 5.56 Å². The Morgan fingerprint density at radius 3 is 2.82 bits per heavy atom. The van der Waals surface area contributed by atoms with Crippen molar-refractivity contribution in [1.82, 2.24) is 0 Å². The summed E-state index contributed by atoms with van der Waals surface area (Å²) in [7, 11) is 0. The lowest BCUT2D eigenvalue weighted by atomic mass is 10.0. The van der Waals surface area contributed by atoms with Gasteiger partial charge in [0.05, 0.1) is 5.69 Å². The average molecular weight is 249 g/mol. The Morgan fingerprint density at radius 1 is 1.35 bits per heavy atom. The summed E-state index contributed by atoms with van der Waals surface area (Å²) < 4.78 is 13.2. The van der Waals surface area contributed by atoms with E-state index in [1.54, 1.807) is 17.4 Å². The molecule has 0 spiro atoms. The van der Waals surface area contributed by atoms with E-state index in [2.05, 4.69) is 0 Å². The minimum Gasteiger partial charge on any atom is -0.396 e. The van der Waals surface area contributed by atoms with Gasteiger partial charge in [-0.2, -0.15) is 11.3 Å². The Kier molecular flexibility index (Phi) is 3.54. The summed E-state index contributed by atoms with van der Waals surface area (Å²) in [6.07, 6.45) is 1.08. The summed E-state index contributed by atoms with van der Waals surface area (Å²) in [6.45, 7) is 0. The minimum absolute atomic E-state index is 0.0601. The molecule has 1 heterocycles. The molecule has 0 bridgehead atoms. The summed E-state index contributed by atoms with van der Waals surface area (Å²) in [4.78, 5) is 11.8. The lowest BCUT2D eigenvalue weighted by Gasteiger charge is -2.02. The van der Waals surface area contributed by atoms with Crippen LogP contribution >= 0.6 is 11.3 Å². The number of aryl methyl sites for hydroxylation is 1. The number of hydrogen-bond acceptors (Lipinski definition) is 3. The second-order valence-corrected chi connectivity index (χ2v) is 4.57. The van der Waals surface area contributed by atoms with Crippen LogP contribution in [0.15, 0.2) is 35.0 Å². The third-order valence-corrected chi connectivity index (χ3v) is 3.28. The number of ketones is 1. The quantitative estimate of drug-likeness (QED) is 0.667. The van der Waals surface area contributed by atoms with Crippen LogP contribution in [0.3, 0.4) is 0 Å². The molecule has 4 heteroatoms. The summed E-state index contributed by atoms with van der Waals surface area (Å²) in [5, 5.41) is 3.99. The maximum absolute atomic E-state index is 13.2. The Morgan fingerprint density at radius 2 is 2.18 bits per heavy atom. The molecule has 0 fully saturated rings. The first-order valence-corrected chi connectivity index (χ1v) is 6.20. The van der Waals surface area contributed by atoms with Crippen LogP contribution in [0, 0.1) is 5.82 Å². The molecule has 2 aromatic rings. The van der Waals surface area contributed by atoms with E-state index in [4.69, 9.17) is 5.73 Å². The fourth-order valence-corrected chi connectivity index (χ4v) is 2.24. The van der Waals surface area contributed by atoms with Crippen molar-refractivity contribution in [3.63, 3.8) is 0 Å². The van der Waals surface area contributed by atoms with Crippen LogP contribution in [-0.2, 0) is 6.42 Å². The van der Waals surface area contributed by atoms with Crippen molar-refractivity contribution in [2.45, 2.75) is 12.8 Å². The van der Waals surface area contributed by atoms with E-state index in [1.807, 2.05) is 16.8 Å². The number of hydrogen-bond donors (Lipinski definition) is 1. The monoisotopic (exact) mass is 249 g/mol. The van der Waals surface area contributed by atoms with Crippen LogP contribution in [0.1, 0.15) is 22.3 Å². The number of carbonyl (C=O) groups is 1. The van der Waals surface area contributed by atoms with Crippen LogP contribution in [0.25, 0.3) is 0 Å². The molecule has 2 N–H and O–H groups in total. The second-order valence-electron chi connectivity index (χ2n) is 3.79. The largest absolute Gasteiger partial charge is 0.396 e. The molecule has 0 saturated carbocycles. The maximum Gasteiger partial charge on any atom is 0.163 e. The van der Waals surface area contributed by atoms with Crippen molar-refractivity contribution >= 4 is 22.8 Å². The summed E-state index contributed by atoms with van der Waals surface area (Å²) in [5.41, 5.74) is 6.94. The standard InChI is InChI=1S/C13H12FNOS/c14-11-7-10(2-3-12(11)15)13(16)4-1-9-5-6-17-8-9/h2-3,5-8H,1,4,15H2.